The van der Waals surface area contributed by atoms with Gasteiger partial charge < -0.3 is 9.73 Å². The fourth-order valence-electron chi connectivity index (χ4n) is 2.61. The number of nitrogens with one attached hydrogen (secondary N) is 1. The van der Waals surface area contributed by atoms with Crippen molar-refractivity contribution in [2.24, 2.45) is 0 Å². The van der Waals surface area contributed by atoms with Crippen molar-refractivity contribution in [3.63, 3.8) is 0 Å². The summed E-state index contributed by atoms with van der Waals surface area (Å²) in [6.45, 7) is 4.84. The number of furan rings is 1. The second-order valence-electron chi connectivity index (χ2n) is 5.87. The maximum atomic E-state index is 12.5. The minimum absolute atomic E-state index is 0.00505. The molecule has 0 aliphatic rings. The molecule has 2 heterocycles. The van der Waals surface area contributed by atoms with Gasteiger partial charge in [-0.25, -0.2) is 0 Å². The van der Waals surface area contributed by atoms with Crippen LogP contribution in [0.2, 0.25) is 0 Å². The van der Waals surface area contributed by atoms with E-state index in [1.165, 1.54) is 10.4 Å². The van der Waals surface area contributed by atoms with Crippen LogP contribution in [0.1, 0.15) is 52.2 Å². The van der Waals surface area contributed by atoms with Gasteiger partial charge in [0.15, 0.2) is 0 Å². The van der Waals surface area contributed by atoms with Gasteiger partial charge in [0.2, 0.25) is 0 Å². The van der Waals surface area contributed by atoms with Crippen molar-refractivity contribution in [3.05, 3.63) is 45.5 Å². The molecule has 0 aliphatic carbocycles. The third-order valence-electron chi connectivity index (χ3n) is 3.93. The molecule has 1 amide bonds. The van der Waals surface area contributed by atoms with Crippen LogP contribution in [0.15, 0.2) is 28.9 Å². The van der Waals surface area contributed by atoms with Crippen LogP contribution in [0.25, 0.3) is 0 Å². The van der Waals surface area contributed by atoms with Crippen molar-refractivity contribution in [3.8, 4) is 0 Å². The average Bonchev–Trinajstić information content (AvgIpc) is 3.17. The second-order valence-corrected chi connectivity index (χ2v) is 7.00. The average molecular weight is 334 g/mol. The number of likely N-dealkylation sites (N-methyl/N-ethyl adjacent to an activating group) is 1. The fourth-order valence-corrected chi connectivity index (χ4v) is 3.88. The number of rotatable bonds is 8. The van der Waals surface area contributed by atoms with E-state index in [9.17, 15) is 4.79 Å². The van der Waals surface area contributed by atoms with Gasteiger partial charge in [0.05, 0.1) is 17.2 Å². The number of hydrogen-bond donors (Lipinski definition) is 1. The van der Waals surface area contributed by atoms with E-state index in [0.29, 0.717) is 6.54 Å². The number of aryl methyl sites for hydroxylation is 2. The highest BCUT2D eigenvalue weighted by Crippen LogP contribution is 2.25. The van der Waals surface area contributed by atoms with Gasteiger partial charge in [0.1, 0.15) is 5.76 Å². The van der Waals surface area contributed by atoms with E-state index in [-0.39, 0.29) is 11.9 Å². The Labute approximate surface area is 142 Å². The number of hydrogen-bond acceptors (Lipinski definition) is 4. The van der Waals surface area contributed by atoms with Crippen LogP contribution in [-0.4, -0.2) is 31.4 Å². The molecule has 23 heavy (non-hydrogen) atoms. The first kappa shape index (κ1) is 17.8. The van der Waals surface area contributed by atoms with E-state index in [4.69, 9.17) is 4.42 Å². The molecular formula is C18H26N2O2S. The first-order chi connectivity index (χ1) is 11.1. The predicted molar refractivity (Wildman–Crippen MR) is 95.2 cm³/mol. The van der Waals surface area contributed by atoms with Crippen LogP contribution < -0.4 is 5.32 Å². The third kappa shape index (κ3) is 4.45. The molecule has 1 unspecified atom stereocenters. The quantitative estimate of drug-likeness (QED) is 0.796. The molecule has 1 N–H and O–H groups in total. The van der Waals surface area contributed by atoms with Gasteiger partial charge in [-0.15, -0.1) is 11.3 Å². The Morgan fingerprint density at radius 2 is 2.17 bits per heavy atom. The lowest BCUT2D eigenvalue weighted by Gasteiger charge is -2.22. The van der Waals surface area contributed by atoms with E-state index < -0.39 is 0 Å². The first-order valence-corrected chi connectivity index (χ1v) is 8.98. The molecule has 0 aliphatic heterocycles. The Morgan fingerprint density at radius 3 is 2.74 bits per heavy atom. The Morgan fingerprint density at radius 1 is 1.39 bits per heavy atom. The Balaban J connectivity index is 2.03. The first-order valence-electron chi connectivity index (χ1n) is 8.16. The molecule has 0 aromatic carbocycles. The highest BCUT2D eigenvalue weighted by Gasteiger charge is 2.19. The van der Waals surface area contributed by atoms with Gasteiger partial charge in [0.25, 0.3) is 5.91 Å². The summed E-state index contributed by atoms with van der Waals surface area (Å²) in [6, 6.07) is 5.89. The molecule has 5 heteroatoms. The third-order valence-corrected chi connectivity index (χ3v) is 5.17. The highest BCUT2D eigenvalue weighted by atomic mass is 32.1. The van der Waals surface area contributed by atoms with Crippen molar-refractivity contribution in [2.45, 2.75) is 39.2 Å². The van der Waals surface area contributed by atoms with Gasteiger partial charge in [-0.2, -0.15) is 0 Å². The summed E-state index contributed by atoms with van der Waals surface area (Å²) in [4.78, 5) is 16.7. The minimum atomic E-state index is 0.00505. The van der Waals surface area contributed by atoms with Gasteiger partial charge >= 0.3 is 0 Å². The molecule has 0 spiro atoms. The van der Waals surface area contributed by atoms with Crippen LogP contribution in [0.4, 0.5) is 0 Å². The number of carbonyl (C=O) groups is 1. The van der Waals surface area contributed by atoms with Gasteiger partial charge in [-0.3, -0.25) is 9.69 Å². The number of thiophene rings is 1. The molecule has 0 saturated carbocycles. The summed E-state index contributed by atoms with van der Waals surface area (Å²) in [7, 11) is 3.97. The zero-order valence-corrected chi connectivity index (χ0v) is 15.2. The number of nitrogens with zero attached hydrogens (tertiary/aromatic N) is 1. The molecule has 2 aromatic heterocycles. The Kier molecular flexibility index (Phi) is 6.42. The Bertz CT molecular complexity index is 617. The minimum Gasteiger partial charge on any atom is -0.468 e. The van der Waals surface area contributed by atoms with E-state index in [1.807, 2.05) is 37.2 Å². The van der Waals surface area contributed by atoms with Gasteiger partial charge in [0, 0.05) is 11.4 Å². The standard InChI is InChI=1S/C18H26N2O2S/c1-5-8-16-13(6-2)11-17(23-16)18(21)19-12-14(20(3)4)15-9-7-10-22-15/h7,9-11,14H,5-6,8,12H2,1-4H3,(H,19,21). The molecule has 0 saturated heterocycles. The lowest BCUT2D eigenvalue weighted by molar-refractivity contribution is 0.0943. The smallest absolute Gasteiger partial charge is 0.261 e. The van der Waals surface area contributed by atoms with Crippen LogP contribution >= 0.6 is 11.3 Å². The topological polar surface area (TPSA) is 45.5 Å². The number of carbonyl (C=O) groups excluding carboxylic acids is 1. The van der Waals surface area contributed by atoms with E-state index >= 15 is 0 Å². The normalized spacial score (nSPS) is 12.6. The largest absolute Gasteiger partial charge is 0.468 e. The van der Waals surface area contributed by atoms with E-state index in [0.717, 1.165) is 29.9 Å². The lowest BCUT2D eigenvalue weighted by Crippen LogP contribution is -2.34. The maximum Gasteiger partial charge on any atom is 0.261 e. The second kappa shape index (κ2) is 8.31. The van der Waals surface area contributed by atoms with Crippen molar-refractivity contribution in [2.75, 3.05) is 20.6 Å². The van der Waals surface area contributed by atoms with Crippen LogP contribution in [0, 0.1) is 0 Å². The molecule has 4 nitrogen and oxygen atoms in total. The predicted octanol–water partition coefficient (Wildman–Crippen LogP) is 3.89. The summed E-state index contributed by atoms with van der Waals surface area (Å²) in [5, 5.41) is 3.05. The fraction of sp³-hybridized carbons (Fsp3) is 0.500. The highest BCUT2D eigenvalue weighted by molar-refractivity contribution is 7.14. The molecule has 2 aromatic rings. The van der Waals surface area contributed by atoms with Crippen molar-refractivity contribution in [1.82, 2.24) is 10.2 Å². The van der Waals surface area contributed by atoms with E-state index in [2.05, 4.69) is 19.2 Å². The van der Waals surface area contributed by atoms with Crippen molar-refractivity contribution < 1.29 is 9.21 Å². The molecule has 1 atom stereocenters. The van der Waals surface area contributed by atoms with Crippen LogP contribution in [0.5, 0.6) is 0 Å². The maximum absolute atomic E-state index is 12.5. The van der Waals surface area contributed by atoms with Crippen molar-refractivity contribution in [1.29, 1.82) is 0 Å². The van der Waals surface area contributed by atoms with Crippen molar-refractivity contribution >= 4 is 17.2 Å². The zero-order valence-electron chi connectivity index (χ0n) is 14.4. The van der Waals surface area contributed by atoms with E-state index in [1.54, 1.807) is 17.6 Å². The summed E-state index contributed by atoms with van der Waals surface area (Å²) in [5.74, 6) is 0.868. The summed E-state index contributed by atoms with van der Waals surface area (Å²) >= 11 is 1.63. The zero-order chi connectivity index (χ0) is 16.8. The molecule has 126 valence electrons. The summed E-state index contributed by atoms with van der Waals surface area (Å²) in [5.41, 5.74) is 1.30. The molecule has 0 radical (unpaired) electrons. The van der Waals surface area contributed by atoms with Gasteiger partial charge in [-0.05, 0) is 50.7 Å². The summed E-state index contributed by atoms with van der Waals surface area (Å²) in [6.07, 6.45) is 4.80. The van der Waals surface area contributed by atoms with Crippen LogP contribution in [0.3, 0.4) is 0 Å². The molecule has 2 rings (SSSR count). The SMILES string of the molecule is CCCc1sc(C(=O)NCC(c2ccco2)N(C)C)cc1CC. The Hall–Kier alpha value is -1.59. The molecule has 0 fully saturated rings. The monoisotopic (exact) mass is 334 g/mol. The van der Waals surface area contributed by atoms with Crippen LogP contribution in [-0.2, 0) is 12.8 Å². The molecule has 0 bridgehead atoms. The summed E-state index contributed by atoms with van der Waals surface area (Å²) < 4.78 is 5.48. The van der Waals surface area contributed by atoms with Gasteiger partial charge in [-0.1, -0.05) is 20.3 Å². The lowest BCUT2D eigenvalue weighted by atomic mass is 10.1. The number of amides is 1. The molecular weight excluding hydrogens is 308 g/mol.